The fraction of sp³-hybridized carbons (Fsp3) is 0.417. The highest BCUT2D eigenvalue weighted by Crippen LogP contribution is 1.96. The summed E-state index contributed by atoms with van der Waals surface area (Å²) in [5, 5.41) is 17.4. The van der Waals surface area contributed by atoms with Gasteiger partial charge < -0.3 is 10.6 Å². The van der Waals surface area contributed by atoms with Crippen molar-refractivity contribution in [3.63, 3.8) is 0 Å². The zero-order chi connectivity index (χ0) is 13.5. The third-order valence-corrected chi connectivity index (χ3v) is 2.67. The van der Waals surface area contributed by atoms with Gasteiger partial charge in [0.1, 0.15) is 0 Å². The van der Waals surface area contributed by atoms with Crippen molar-refractivity contribution in [3.05, 3.63) is 35.9 Å². The largest absolute Gasteiger partial charge is 0.357 e. The molecule has 0 saturated heterocycles. The molecule has 0 aliphatic rings. The van der Waals surface area contributed by atoms with Crippen LogP contribution < -0.4 is 10.6 Å². The number of H-pyrrole nitrogens is 1. The molecule has 110 valence electrons. The molecule has 0 bridgehead atoms. The Balaban J connectivity index is 0.00000200. The predicted molar refractivity (Wildman–Crippen MR) is 88.9 cm³/mol. The van der Waals surface area contributed by atoms with Crippen LogP contribution in [0.25, 0.3) is 0 Å². The van der Waals surface area contributed by atoms with Gasteiger partial charge in [-0.1, -0.05) is 0 Å². The van der Waals surface area contributed by atoms with E-state index in [4.69, 9.17) is 0 Å². The van der Waals surface area contributed by atoms with E-state index in [9.17, 15) is 0 Å². The van der Waals surface area contributed by atoms with Crippen molar-refractivity contribution in [2.75, 3.05) is 6.54 Å². The second-order valence-electron chi connectivity index (χ2n) is 4.08. The van der Waals surface area contributed by atoms with Gasteiger partial charge in [0.15, 0.2) is 5.96 Å². The summed E-state index contributed by atoms with van der Waals surface area (Å²) < 4.78 is 1.84. The molecule has 2 aromatic rings. The monoisotopic (exact) mass is 389 g/mol. The Bertz CT molecular complexity index is 518. The van der Waals surface area contributed by atoms with Crippen molar-refractivity contribution in [1.82, 2.24) is 30.6 Å². The van der Waals surface area contributed by atoms with Gasteiger partial charge in [0.2, 0.25) is 0 Å². The van der Waals surface area contributed by atoms with Crippen LogP contribution in [0.5, 0.6) is 0 Å². The molecule has 2 aromatic heterocycles. The maximum atomic E-state index is 4.48. The predicted octanol–water partition coefficient (Wildman–Crippen LogP) is 1.02. The van der Waals surface area contributed by atoms with Crippen molar-refractivity contribution in [1.29, 1.82) is 0 Å². The molecule has 2 rings (SSSR count). The molecular weight excluding hydrogens is 369 g/mol. The van der Waals surface area contributed by atoms with Gasteiger partial charge in [-0.25, -0.2) is 4.99 Å². The summed E-state index contributed by atoms with van der Waals surface area (Å²) in [5.74, 6) is 0.776. The lowest BCUT2D eigenvalue weighted by Crippen LogP contribution is -2.37. The van der Waals surface area contributed by atoms with Crippen molar-refractivity contribution in [2.45, 2.75) is 20.0 Å². The average Bonchev–Trinajstić information content (AvgIpc) is 3.04. The fourth-order valence-electron chi connectivity index (χ4n) is 1.63. The number of hydrogen-bond acceptors (Lipinski definition) is 3. The van der Waals surface area contributed by atoms with Crippen LogP contribution >= 0.6 is 24.0 Å². The smallest absolute Gasteiger partial charge is 0.191 e. The molecule has 0 unspecified atom stereocenters. The average molecular weight is 389 g/mol. The summed E-state index contributed by atoms with van der Waals surface area (Å²) in [7, 11) is 1.92. The van der Waals surface area contributed by atoms with E-state index >= 15 is 0 Å². The standard InChI is InChI=1S/C12H19N7.HI/c1-3-13-12(14-8-10-4-6-16-18-10)15-9-11-5-7-17-19(11)2;/h4-7H,3,8-9H2,1-2H3,(H,16,18)(H2,13,14,15);1H. The van der Waals surface area contributed by atoms with Crippen LogP contribution in [-0.4, -0.2) is 32.5 Å². The Morgan fingerprint density at radius 3 is 2.80 bits per heavy atom. The van der Waals surface area contributed by atoms with E-state index in [1.54, 1.807) is 12.4 Å². The lowest BCUT2D eigenvalue weighted by atomic mass is 10.4. The molecule has 0 radical (unpaired) electrons. The third-order valence-electron chi connectivity index (χ3n) is 2.67. The normalized spacial score (nSPS) is 11.0. The minimum Gasteiger partial charge on any atom is -0.357 e. The van der Waals surface area contributed by atoms with Crippen LogP contribution in [0.3, 0.4) is 0 Å². The fourth-order valence-corrected chi connectivity index (χ4v) is 1.63. The first kappa shape index (κ1) is 16.5. The number of halogens is 1. The third kappa shape index (κ3) is 4.83. The zero-order valence-electron chi connectivity index (χ0n) is 11.6. The second kappa shape index (κ2) is 8.56. The highest BCUT2D eigenvalue weighted by Gasteiger charge is 2.01. The number of aliphatic imine (C=N–C) groups is 1. The molecule has 0 atom stereocenters. The maximum absolute atomic E-state index is 4.48. The molecule has 0 fully saturated rings. The molecule has 0 spiro atoms. The Morgan fingerprint density at radius 2 is 2.20 bits per heavy atom. The summed E-state index contributed by atoms with van der Waals surface area (Å²) in [4.78, 5) is 4.48. The quantitative estimate of drug-likeness (QED) is 0.405. The molecule has 0 aliphatic carbocycles. The molecule has 20 heavy (non-hydrogen) atoms. The van der Waals surface area contributed by atoms with Crippen LogP contribution in [0.2, 0.25) is 0 Å². The number of aryl methyl sites for hydroxylation is 1. The summed E-state index contributed by atoms with van der Waals surface area (Å²) >= 11 is 0. The Labute approximate surface area is 135 Å². The van der Waals surface area contributed by atoms with Gasteiger partial charge in [0.05, 0.1) is 24.5 Å². The molecule has 0 aromatic carbocycles. The van der Waals surface area contributed by atoms with Crippen molar-refractivity contribution >= 4 is 29.9 Å². The van der Waals surface area contributed by atoms with E-state index in [2.05, 4.69) is 30.9 Å². The number of aromatic amines is 1. The maximum Gasteiger partial charge on any atom is 0.191 e. The van der Waals surface area contributed by atoms with Crippen LogP contribution in [-0.2, 0) is 20.1 Å². The van der Waals surface area contributed by atoms with E-state index in [1.807, 2.05) is 30.8 Å². The minimum atomic E-state index is 0. The van der Waals surface area contributed by atoms with Crippen LogP contribution in [0.4, 0.5) is 0 Å². The van der Waals surface area contributed by atoms with Crippen molar-refractivity contribution < 1.29 is 0 Å². The van der Waals surface area contributed by atoms with Gasteiger partial charge in [-0.05, 0) is 19.1 Å². The SMILES string of the molecule is CCNC(=NCc1ccn[nH]1)NCc1ccnn1C.I. The number of rotatable bonds is 5. The second-order valence-corrected chi connectivity index (χ2v) is 4.08. The molecule has 2 heterocycles. The first-order valence-electron chi connectivity index (χ1n) is 6.27. The van der Waals surface area contributed by atoms with Gasteiger partial charge in [0.25, 0.3) is 0 Å². The summed E-state index contributed by atoms with van der Waals surface area (Å²) in [6.07, 6.45) is 3.51. The minimum absolute atomic E-state index is 0. The highest BCUT2D eigenvalue weighted by atomic mass is 127. The lowest BCUT2D eigenvalue weighted by molar-refractivity contribution is 0.684. The first-order valence-corrected chi connectivity index (χ1v) is 6.27. The van der Waals surface area contributed by atoms with E-state index in [0.29, 0.717) is 13.1 Å². The van der Waals surface area contributed by atoms with Gasteiger partial charge in [-0.2, -0.15) is 10.2 Å². The van der Waals surface area contributed by atoms with Gasteiger partial charge in [-0.15, -0.1) is 24.0 Å². The number of hydrogen-bond donors (Lipinski definition) is 3. The molecule has 3 N–H and O–H groups in total. The van der Waals surface area contributed by atoms with Crippen LogP contribution in [0.15, 0.2) is 29.5 Å². The van der Waals surface area contributed by atoms with E-state index < -0.39 is 0 Å². The van der Waals surface area contributed by atoms with E-state index in [1.165, 1.54) is 0 Å². The van der Waals surface area contributed by atoms with Crippen molar-refractivity contribution in [2.24, 2.45) is 12.0 Å². The summed E-state index contributed by atoms with van der Waals surface area (Å²) in [5.41, 5.74) is 2.09. The molecule has 0 amide bonds. The van der Waals surface area contributed by atoms with Gasteiger partial charge in [0, 0.05) is 26.0 Å². The van der Waals surface area contributed by atoms with E-state index in [-0.39, 0.29) is 24.0 Å². The zero-order valence-corrected chi connectivity index (χ0v) is 14.0. The topological polar surface area (TPSA) is 82.9 Å². The number of nitrogens with zero attached hydrogens (tertiary/aromatic N) is 4. The summed E-state index contributed by atoms with van der Waals surface area (Å²) in [6, 6.07) is 3.89. The Hall–Kier alpha value is -1.58. The molecule has 0 aliphatic heterocycles. The molecule has 8 heteroatoms. The van der Waals surface area contributed by atoms with E-state index in [0.717, 1.165) is 23.9 Å². The molecular formula is C12H20IN7. The molecule has 0 saturated carbocycles. The summed E-state index contributed by atoms with van der Waals surface area (Å²) in [6.45, 7) is 4.11. The first-order chi connectivity index (χ1) is 9.29. The Kier molecular flexibility index (Phi) is 7.05. The molecule has 7 nitrogen and oxygen atoms in total. The highest BCUT2D eigenvalue weighted by molar-refractivity contribution is 14.0. The number of guanidine groups is 1. The van der Waals surface area contributed by atoms with Crippen LogP contribution in [0, 0.1) is 0 Å². The van der Waals surface area contributed by atoms with Crippen LogP contribution in [0.1, 0.15) is 18.3 Å². The van der Waals surface area contributed by atoms with Gasteiger partial charge >= 0.3 is 0 Å². The van der Waals surface area contributed by atoms with Crippen molar-refractivity contribution in [3.8, 4) is 0 Å². The van der Waals surface area contributed by atoms with Gasteiger partial charge in [-0.3, -0.25) is 9.78 Å². The Morgan fingerprint density at radius 1 is 1.35 bits per heavy atom. The number of nitrogens with one attached hydrogen (secondary N) is 3. The lowest BCUT2D eigenvalue weighted by Gasteiger charge is -2.11. The number of aromatic nitrogens is 4.